The van der Waals surface area contributed by atoms with Gasteiger partial charge in [0.2, 0.25) is 0 Å². The Morgan fingerprint density at radius 2 is 1.91 bits per heavy atom. The van der Waals surface area contributed by atoms with Crippen LogP contribution in [0.2, 0.25) is 0 Å². The summed E-state index contributed by atoms with van der Waals surface area (Å²) >= 11 is 0. The zero-order chi connectivity index (χ0) is 22.7. The van der Waals surface area contributed by atoms with Gasteiger partial charge in [-0.15, -0.1) is 0 Å². The molecule has 168 valence electrons. The van der Waals surface area contributed by atoms with Gasteiger partial charge in [0.25, 0.3) is 0 Å². The van der Waals surface area contributed by atoms with E-state index < -0.39 is 15.6 Å². The second-order valence-corrected chi connectivity index (χ2v) is 13.5. The zero-order valence-electron chi connectivity index (χ0n) is 18.8. The molecule has 4 heterocycles. The topological polar surface area (TPSA) is 85.4 Å². The van der Waals surface area contributed by atoms with Crippen LogP contribution < -0.4 is 15.8 Å². The Balaban J connectivity index is 1.53. The lowest BCUT2D eigenvalue weighted by Crippen LogP contribution is -2.49. The van der Waals surface area contributed by atoms with Crippen molar-refractivity contribution in [3.63, 3.8) is 0 Å². The Hall–Kier alpha value is -2.87. The number of nitrogens with two attached hydrogens (primary N) is 1. The van der Waals surface area contributed by atoms with Crippen LogP contribution in [-0.4, -0.2) is 44.9 Å². The Morgan fingerprint density at radius 3 is 2.62 bits per heavy atom. The van der Waals surface area contributed by atoms with Crippen LogP contribution >= 0.6 is 10.0 Å². The molecule has 2 aliphatic heterocycles. The zero-order valence-corrected chi connectivity index (χ0v) is 19.6. The fraction of sp³-hybridized carbons (Fsp3) is 0.375. The molecular formula is C24H28FN5OS. The van der Waals surface area contributed by atoms with E-state index in [0.717, 1.165) is 16.8 Å². The molecule has 0 unspecified atom stereocenters. The van der Waals surface area contributed by atoms with Gasteiger partial charge in [-0.05, 0) is 62.6 Å². The largest absolute Gasteiger partial charge is 0.495 e. The molecule has 2 aliphatic rings. The van der Waals surface area contributed by atoms with E-state index in [9.17, 15) is 0 Å². The van der Waals surface area contributed by atoms with E-state index in [-0.39, 0.29) is 10.6 Å². The van der Waals surface area contributed by atoms with Gasteiger partial charge in [-0.1, -0.05) is 0 Å². The predicted octanol–water partition coefficient (Wildman–Crippen LogP) is 4.70. The van der Waals surface area contributed by atoms with Gasteiger partial charge >= 0.3 is 0 Å². The van der Waals surface area contributed by atoms with Crippen molar-refractivity contribution in [3.8, 4) is 5.75 Å². The number of rotatable bonds is 4. The maximum absolute atomic E-state index is 15.1. The molecule has 0 bridgehead atoms. The van der Waals surface area contributed by atoms with E-state index >= 15 is 4.39 Å². The molecule has 2 aromatic heterocycles. The lowest BCUT2D eigenvalue weighted by Gasteiger charge is -2.48. The quantitative estimate of drug-likeness (QED) is 0.559. The van der Waals surface area contributed by atoms with E-state index in [1.807, 2.05) is 25.1 Å². The standard InChI is InChI=1S/C24H28FN5OS/c1-23(2)22(26)30-24(3,14-32(23)9-10-32)18-12-16(5-6-19(18)25)29-21-20-15(7-8-27-21)11-17(31-4)13-28-20/h5-8,11-13H,9-10,14H2,1-4H3,(H2,26,30)(H,27,29)/t24-/m0/s1. The number of amidine groups is 1. The number of nitrogens with zero attached hydrogens (tertiary/aromatic N) is 3. The van der Waals surface area contributed by atoms with Crippen molar-refractivity contribution in [1.82, 2.24) is 9.97 Å². The molecule has 0 radical (unpaired) electrons. The number of hydrogen-bond donors (Lipinski definition) is 2. The molecule has 0 saturated carbocycles. The van der Waals surface area contributed by atoms with Crippen molar-refractivity contribution in [2.45, 2.75) is 31.1 Å². The summed E-state index contributed by atoms with van der Waals surface area (Å²) in [5.41, 5.74) is 7.78. The highest BCUT2D eigenvalue weighted by atomic mass is 32.3. The van der Waals surface area contributed by atoms with Gasteiger partial charge in [0.05, 0.1) is 23.6 Å². The minimum absolute atomic E-state index is 0.0849. The van der Waals surface area contributed by atoms with E-state index in [1.54, 1.807) is 25.6 Å². The maximum atomic E-state index is 15.1. The molecule has 6 nitrogen and oxygen atoms in total. The lowest BCUT2D eigenvalue weighted by atomic mass is 9.92. The molecular weight excluding hydrogens is 425 g/mol. The monoisotopic (exact) mass is 453 g/mol. The molecule has 3 N–H and O–H groups in total. The summed E-state index contributed by atoms with van der Waals surface area (Å²) in [5, 5.41) is 4.22. The Morgan fingerprint density at radius 1 is 1.12 bits per heavy atom. The number of aromatic nitrogens is 2. The van der Waals surface area contributed by atoms with Crippen molar-refractivity contribution >= 4 is 38.3 Å². The van der Waals surface area contributed by atoms with Crippen molar-refractivity contribution in [2.24, 2.45) is 10.7 Å². The van der Waals surface area contributed by atoms with Crippen LogP contribution in [0.4, 0.5) is 15.9 Å². The van der Waals surface area contributed by atoms with Gasteiger partial charge in [-0.25, -0.2) is 24.4 Å². The predicted molar refractivity (Wildman–Crippen MR) is 131 cm³/mol. The number of fused-ring (bicyclic) bond motifs is 1. The number of nitrogens with one attached hydrogen (secondary N) is 1. The average Bonchev–Trinajstić information content (AvgIpc) is 3.54. The third-order valence-electron chi connectivity index (χ3n) is 6.94. The third-order valence-corrected chi connectivity index (χ3v) is 11.8. The second kappa shape index (κ2) is 7.07. The fourth-order valence-electron chi connectivity index (χ4n) is 4.66. The minimum Gasteiger partial charge on any atom is -0.495 e. The van der Waals surface area contributed by atoms with Gasteiger partial charge < -0.3 is 15.8 Å². The van der Waals surface area contributed by atoms with Crippen molar-refractivity contribution in [1.29, 1.82) is 0 Å². The Kier molecular flexibility index (Phi) is 4.64. The van der Waals surface area contributed by atoms with Gasteiger partial charge in [0.1, 0.15) is 22.9 Å². The maximum Gasteiger partial charge on any atom is 0.156 e. The molecule has 1 fully saturated rings. The van der Waals surface area contributed by atoms with Crippen molar-refractivity contribution < 1.29 is 9.13 Å². The highest BCUT2D eigenvalue weighted by Gasteiger charge is 2.58. The summed E-state index contributed by atoms with van der Waals surface area (Å²) in [4.78, 5) is 13.8. The number of anilines is 2. The molecule has 1 aromatic carbocycles. The van der Waals surface area contributed by atoms with Gasteiger partial charge in [-0.2, -0.15) is 0 Å². The summed E-state index contributed by atoms with van der Waals surface area (Å²) in [7, 11) is 0.693. The van der Waals surface area contributed by atoms with Crippen molar-refractivity contribution in [2.75, 3.05) is 29.7 Å². The summed E-state index contributed by atoms with van der Waals surface area (Å²) in [5.74, 6) is 4.88. The molecule has 1 atom stereocenters. The number of methoxy groups -OCH3 is 1. The number of halogens is 1. The van der Waals surface area contributed by atoms with Crippen LogP contribution in [0.1, 0.15) is 26.3 Å². The summed E-state index contributed by atoms with van der Waals surface area (Å²) in [6.45, 7) is 6.39. The van der Waals surface area contributed by atoms with Crippen LogP contribution in [0.3, 0.4) is 0 Å². The first kappa shape index (κ1) is 21.0. The van der Waals surface area contributed by atoms with Crippen LogP contribution in [0.5, 0.6) is 5.75 Å². The summed E-state index contributed by atoms with van der Waals surface area (Å²) in [6, 6.07) is 8.83. The first-order valence-electron chi connectivity index (χ1n) is 10.7. The number of benzene rings is 1. The molecule has 8 heteroatoms. The molecule has 1 saturated heterocycles. The highest BCUT2D eigenvalue weighted by Crippen LogP contribution is 2.74. The normalized spacial score (nSPS) is 24.1. The van der Waals surface area contributed by atoms with Gasteiger partial charge in [0.15, 0.2) is 5.82 Å². The molecule has 5 rings (SSSR count). The smallest absolute Gasteiger partial charge is 0.156 e. The van der Waals surface area contributed by atoms with E-state index in [4.69, 9.17) is 15.5 Å². The van der Waals surface area contributed by atoms with Crippen LogP contribution in [-0.2, 0) is 5.54 Å². The third kappa shape index (κ3) is 3.20. The van der Waals surface area contributed by atoms with E-state index in [0.29, 0.717) is 28.5 Å². The van der Waals surface area contributed by atoms with E-state index in [1.165, 1.54) is 17.6 Å². The van der Waals surface area contributed by atoms with Crippen LogP contribution in [0.15, 0.2) is 47.7 Å². The van der Waals surface area contributed by atoms with Gasteiger partial charge in [0, 0.05) is 28.6 Å². The summed E-state index contributed by atoms with van der Waals surface area (Å²) in [6.07, 6.45) is 3.37. The van der Waals surface area contributed by atoms with Crippen LogP contribution in [0, 0.1) is 5.82 Å². The summed E-state index contributed by atoms with van der Waals surface area (Å²) < 4.78 is 20.3. The number of ether oxygens (including phenoxy) is 1. The van der Waals surface area contributed by atoms with Crippen molar-refractivity contribution in [3.05, 3.63) is 54.1 Å². The van der Waals surface area contributed by atoms with E-state index in [2.05, 4.69) is 29.1 Å². The Labute approximate surface area is 188 Å². The lowest BCUT2D eigenvalue weighted by molar-refractivity contribution is 0.414. The number of pyridine rings is 2. The molecule has 3 aromatic rings. The average molecular weight is 454 g/mol. The molecule has 0 amide bonds. The number of aliphatic imine (C=N–C) groups is 1. The molecule has 0 aliphatic carbocycles. The minimum atomic E-state index is -0.917. The highest BCUT2D eigenvalue weighted by molar-refractivity contribution is 8.40. The molecule has 32 heavy (non-hydrogen) atoms. The fourth-order valence-corrected chi connectivity index (χ4v) is 8.92. The first-order valence-corrected chi connectivity index (χ1v) is 12.8. The second-order valence-electron chi connectivity index (χ2n) is 9.31. The molecule has 1 spiro atoms. The van der Waals surface area contributed by atoms with Crippen LogP contribution in [0.25, 0.3) is 10.9 Å². The van der Waals surface area contributed by atoms with Gasteiger partial charge in [-0.3, -0.25) is 4.99 Å². The SMILES string of the molecule is COc1cnc2c(Nc3ccc(F)c([C@]4(C)CS5(CC5)C(C)(C)C(N)=N4)c3)nccc2c1. The number of hydrogen-bond acceptors (Lipinski definition) is 6. The first-order chi connectivity index (χ1) is 15.2. The Bertz CT molecular complexity index is 1260.